The first-order chi connectivity index (χ1) is 10.7. The molecule has 124 valence electrons. The Morgan fingerprint density at radius 1 is 1.26 bits per heavy atom. The summed E-state index contributed by atoms with van der Waals surface area (Å²) in [5.41, 5.74) is 0.178. The highest BCUT2D eigenvalue weighted by Gasteiger charge is 2.18. The minimum atomic E-state index is -0.621. The summed E-state index contributed by atoms with van der Waals surface area (Å²) in [5, 5.41) is 6.17. The van der Waals surface area contributed by atoms with Crippen molar-refractivity contribution in [1.82, 2.24) is 10.6 Å². The van der Waals surface area contributed by atoms with Gasteiger partial charge in [0.15, 0.2) is 0 Å². The van der Waals surface area contributed by atoms with Gasteiger partial charge in [-0.15, -0.1) is 0 Å². The molecule has 2 amide bonds. The van der Waals surface area contributed by atoms with Crippen LogP contribution in [-0.2, 0) is 9.53 Å². The van der Waals surface area contributed by atoms with Gasteiger partial charge in [-0.3, -0.25) is 4.79 Å². The summed E-state index contributed by atoms with van der Waals surface area (Å²) < 4.78 is 10.8. The van der Waals surface area contributed by atoms with Crippen molar-refractivity contribution < 1.29 is 18.7 Å². The van der Waals surface area contributed by atoms with Crippen molar-refractivity contribution in [2.24, 2.45) is 0 Å². The van der Waals surface area contributed by atoms with Crippen LogP contribution in [0.3, 0.4) is 0 Å². The van der Waals surface area contributed by atoms with E-state index < -0.39 is 11.7 Å². The third-order valence-electron chi connectivity index (χ3n) is 3.04. The third-order valence-corrected chi connectivity index (χ3v) is 3.04. The molecule has 0 saturated carbocycles. The van der Waals surface area contributed by atoms with E-state index in [1.807, 2.05) is 37.3 Å². The highest BCUT2D eigenvalue weighted by molar-refractivity contribution is 5.83. The third kappa shape index (κ3) is 5.02. The molecule has 0 unspecified atom stereocenters. The quantitative estimate of drug-likeness (QED) is 0.907. The minimum absolute atomic E-state index is 0.153. The molecule has 0 aliphatic rings. The average Bonchev–Trinajstić information content (AvgIpc) is 2.87. The van der Waals surface area contributed by atoms with E-state index in [0.717, 1.165) is 11.0 Å². The maximum absolute atomic E-state index is 11.9. The first-order valence-corrected chi connectivity index (χ1v) is 7.49. The SMILES string of the molecule is C[C@@H](NC(=O)CNC(=O)OC(C)(C)C)c1cc2ccccc2o1. The van der Waals surface area contributed by atoms with Crippen LogP contribution in [-0.4, -0.2) is 24.1 Å². The fourth-order valence-corrected chi connectivity index (χ4v) is 2.05. The predicted molar refractivity (Wildman–Crippen MR) is 87.0 cm³/mol. The molecule has 6 heteroatoms. The van der Waals surface area contributed by atoms with Gasteiger partial charge in [-0.25, -0.2) is 4.79 Å². The Labute approximate surface area is 135 Å². The summed E-state index contributed by atoms with van der Waals surface area (Å²) in [6.07, 6.45) is -0.621. The predicted octanol–water partition coefficient (Wildman–Crippen LogP) is 3.13. The van der Waals surface area contributed by atoms with Gasteiger partial charge in [-0.05, 0) is 39.8 Å². The molecule has 1 aromatic heterocycles. The number of benzene rings is 1. The topological polar surface area (TPSA) is 80.6 Å². The number of carbonyl (C=O) groups is 2. The largest absolute Gasteiger partial charge is 0.459 e. The molecule has 0 spiro atoms. The molecular formula is C17H22N2O4. The van der Waals surface area contributed by atoms with Crippen LogP contribution >= 0.6 is 0 Å². The van der Waals surface area contributed by atoms with Crippen molar-refractivity contribution in [2.75, 3.05) is 6.54 Å². The Morgan fingerprint density at radius 3 is 2.61 bits per heavy atom. The van der Waals surface area contributed by atoms with E-state index >= 15 is 0 Å². The van der Waals surface area contributed by atoms with Crippen molar-refractivity contribution in [3.05, 3.63) is 36.1 Å². The first-order valence-electron chi connectivity index (χ1n) is 7.49. The van der Waals surface area contributed by atoms with Crippen molar-refractivity contribution in [1.29, 1.82) is 0 Å². The molecule has 23 heavy (non-hydrogen) atoms. The zero-order valence-corrected chi connectivity index (χ0v) is 13.8. The highest BCUT2D eigenvalue weighted by atomic mass is 16.6. The van der Waals surface area contributed by atoms with E-state index in [2.05, 4.69) is 10.6 Å². The Hall–Kier alpha value is -2.50. The average molecular weight is 318 g/mol. The highest BCUT2D eigenvalue weighted by Crippen LogP contribution is 2.23. The molecule has 0 fully saturated rings. The van der Waals surface area contributed by atoms with Gasteiger partial charge in [0.2, 0.25) is 5.91 Å². The maximum Gasteiger partial charge on any atom is 0.408 e. The minimum Gasteiger partial charge on any atom is -0.459 e. The number of furan rings is 1. The van der Waals surface area contributed by atoms with Crippen LogP contribution in [0.5, 0.6) is 0 Å². The molecular weight excluding hydrogens is 296 g/mol. The van der Waals surface area contributed by atoms with Crippen molar-refractivity contribution >= 4 is 23.0 Å². The van der Waals surface area contributed by atoms with Crippen molar-refractivity contribution in [3.63, 3.8) is 0 Å². The smallest absolute Gasteiger partial charge is 0.408 e. The van der Waals surface area contributed by atoms with Crippen LogP contribution in [0.2, 0.25) is 0 Å². The summed E-state index contributed by atoms with van der Waals surface area (Å²) in [5.74, 6) is 0.348. The molecule has 0 aliphatic carbocycles. The number of hydrogen-bond donors (Lipinski definition) is 2. The second kappa shape index (κ2) is 6.73. The zero-order valence-electron chi connectivity index (χ0n) is 13.8. The number of amides is 2. The molecule has 0 saturated heterocycles. The lowest BCUT2D eigenvalue weighted by molar-refractivity contribution is -0.121. The Kier molecular flexibility index (Phi) is 4.93. The maximum atomic E-state index is 11.9. The second-order valence-corrected chi connectivity index (χ2v) is 6.33. The molecule has 2 aromatic rings. The van der Waals surface area contributed by atoms with E-state index in [1.165, 1.54) is 0 Å². The lowest BCUT2D eigenvalue weighted by atomic mass is 10.2. The Morgan fingerprint density at radius 2 is 1.96 bits per heavy atom. The van der Waals surface area contributed by atoms with Crippen LogP contribution in [0.25, 0.3) is 11.0 Å². The van der Waals surface area contributed by atoms with Crippen LogP contribution in [0.15, 0.2) is 34.7 Å². The number of alkyl carbamates (subject to hydrolysis) is 1. The number of hydrogen-bond acceptors (Lipinski definition) is 4. The van der Waals surface area contributed by atoms with Gasteiger partial charge in [0, 0.05) is 5.39 Å². The molecule has 1 aromatic carbocycles. The molecule has 6 nitrogen and oxygen atoms in total. The van der Waals surface area contributed by atoms with Gasteiger partial charge in [-0.1, -0.05) is 18.2 Å². The van der Waals surface area contributed by atoms with E-state index in [4.69, 9.17) is 9.15 Å². The van der Waals surface area contributed by atoms with Crippen molar-refractivity contribution in [3.8, 4) is 0 Å². The Bertz CT molecular complexity index is 667. The first kappa shape index (κ1) is 16.9. The van der Waals surface area contributed by atoms with E-state index in [1.54, 1.807) is 20.8 Å². The second-order valence-electron chi connectivity index (χ2n) is 6.33. The zero-order chi connectivity index (χ0) is 17.0. The summed E-state index contributed by atoms with van der Waals surface area (Å²) >= 11 is 0. The van der Waals surface area contributed by atoms with Crippen LogP contribution in [0.1, 0.15) is 39.5 Å². The van der Waals surface area contributed by atoms with Gasteiger partial charge < -0.3 is 19.8 Å². The number of ether oxygens (including phenoxy) is 1. The van der Waals surface area contributed by atoms with Gasteiger partial charge in [0.05, 0.1) is 6.04 Å². The Balaban J connectivity index is 1.86. The van der Waals surface area contributed by atoms with Crippen LogP contribution < -0.4 is 10.6 Å². The van der Waals surface area contributed by atoms with Crippen molar-refractivity contribution in [2.45, 2.75) is 39.3 Å². The lowest BCUT2D eigenvalue weighted by Gasteiger charge is -2.19. The number of para-hydroxylation sites is 1. The number of fused-ring (bicyclic) bond motifs is 1. The molecule has 0 radical (unpaired) electrons. The van der Waals surface area contributed by atoms with Crippen LogP contribution in [0, 0.1) is 0 Å². The summed E-state index contributed by atoms with van der Waals surface area (Å²) in [6, 6.07) is 9.23. The van der Waals surface area contributed by atoms with Gasteiger partial charge in [0.1, 0.15) is 23.5 Å². The molecule has 2 N–H and O–H groups in total. The fourth-order valence-electron chi connectivity index (χ4n) is 2.05. The van der Waals surface area contributed by atoms with Crippen LogP contribution in [0.4, 0.5) is 4.79 Å². The molecule has 2 rings (SSSR count). The lowest BCUT2D eigenvalue weighted by Crippen LogP contribution is -2.40. The number of carbonyl (C=O) groups excluding carboxylic acids is 2. The fraction of sp³-hybridized carbons (Fsp3) is 0.412. The summed E-state index contributed by atoms with van der Waals surface area (Å²) in [4.78, 5) is 23.4. The van der Waals surface area contributed by atoms with E-state index in [0.29, 0.717) is 5.76 Å². The number of rotatable bonds is 4. The van der Waals surface area contributed by atoms with Gasteiger partial charge in [-0.2, -0.15) is 0 Å². The summed E-state index contributed by atoms with van der Waals surface area (Å²) in [6.45, 7) is 6.95. The molecule has 0 bridgehead atoms. The molecule has 1 heterocycles. The number of nitrogens with one attached hydrogen (secondary N) is 2. The molecule has 0 aliphatic heterocycles. The van der Waals surface area contributed by atoms with Gasteiger partial charge >= 0.3 is 6.09 Å². The normalized spacial score (nSPS) is 12.7. The standard InChI is InChI=1S/C17H22N2O4/c1-11(14-9-12-7-5-6-8-13(12)22-14)19-15(20)10-18-16(21)23-17(2,3)4/h5-9,11H,10H2,1-4H3,(H,18,21)(H,19,20)/t11-/m1/s1. The van der Waals surface area contributed by atoms with E-state index in [-0.39, 0.29) is 18.5 Å². The molecule has 1 atom stereocenters. The van der Waals surface area contributed by atoms with Gasteiger partial charge in [0.25, 0.3) is 0 Å². The monoisotopic (exact) mass is 318 g/mol. The summed E-state index contributed by atoms with van der Waals surface area (Å²) in [7, 11) is 0. The van der Waals surface area contributed by atoms with E-state index in [9.17, 15) is 9.59 Å².